The van der Waals surface area contributed by atoms with Gasteiger partial charge in [0.05, 0.1) is 0 Å². The van der Waals surface area contributed by atoms with Crippen LogP contribution in [0, 0.1) is 5.82 Å². The Balaban J connectivity index is 1.56. The third-order valence-corrected chi connectivity index (χ3v) is 6.12. The molecule has 3 aliphatic rings. The molecule has 24 heavy (non-hydrogen) atoms. The van der Waals surface area contributed by atoms with Gasteiger partial charge < -0.3 is 14.5 Å². The minimum absolute atomic E-state index is 0.0478. The molecule has 0 radical (unpaired) electrons. The lowest BCUT2D eigenvalue weighted by atomic mass is 9.74. The number of hydrogen-bond acceptors (Lipinski definition) is 3. The number of anilines is 1. The summed E-state index contributed by atoms with van der Waals surface area (Å²) in [6.45, 7) is 6.06. The predicted molar refractivity (Wildman–Crippen MR) is 90.8 cm³/mol. The summed E-state index contributed by atoms with van der Waals surface area (Å²) in [5, 5.41) is 0. The van der Waals surface area contributed by atoms with E-state index in [0.717, 1.165) is 63.2 Å². The van der Waals surface area contributed by atoms with E-state index in [1.807, 2.05) is 4.90 Å². The van der Waals surface area contributed by atoms with Crippen LogP contribution in [0.5, 0.6) is 0 Å². The van der Waals surface area contributed by atoms with Crippen LogP contribution in [0.15, 0.2) is 18.2 Å². The third kappa shape index (κ3) is 2.64. The Morgan fingerprint density at radius 1 is 1.25 bits per heavy atom. The molecule has 4 rings (SSSR count). The molecular formula is C19H25FN2O2. The molecule has 5 heteroatoms. The lowest BCUT2D eigenvalue weighted by Gasteiger charge is -2.44. The molecular weight excluding hydrogens is 307 g/mol. The van der Waals surface area contributed by atoms with Gasteiger partial charge in [-0.15, -0.1) is 0 Å². The van der Waals surface area contributed by atoms with E-state index in [2.05, 4.69) is 4.90 Å². The van der Waals surface area contributed by atoms with Crippen molar-refractivity contribution >= 4 is 11.6 Å². The van der Waals surface area contributed by atoms with Crippen molar-refractivity contribution < 1.29 is 13.9 Å². The second kappa shape index (κ2) is 6.12. The molecule has 4 nitrogen and oxygen atoms in total. The predicted octanol–water partition coefficient (Wildman–Crippen LogP) is 2.70. The Kier molecular flexibility index (Phi) is 4.09. The van der Waals surface area contributed by atoms with Gasteiger partial charge in [0, 0.05) is 43.8 Å². The Bertz CT molecular complexity index is 634. The van der Waals surface area contributed by atoms with Crippen molar-refractivity contribution in [3.05, 3.63) is 29.6 Å². The van der Waals surface area contributed by atoms with Gasteiger partial charge in [0.2, 0.25) is 5.91 Å². The van der Waals surface area contributed by atoms with Crippen molar-refractivity contribution in [1.82, 2.24) is 4.90 Å². The summed E-state index contributed by atoms with van der Waals surface area (Å²) >= 11 is 0. The number of rotatable bonds is 1. The minimum Gasteiger partial charge on any atom is -0.381 e. The largest absolute Gasteiger partial charge is 0.381 e. The van der Waals surface area contributed by atoms with Crippen molar-refractivity contribution in [3.8, 4) is 0 Å². The lowest BCUT2D eigenvalue weighted by molar-refractivity contribution is -0.116. The molecule has 1 spiro atoms. The van der Waals surface area contributed by atoms with Crippen molar-refractivity contribution in [2.24, 2.45) is 0 Å². The highest BCUT2D eigenvalue weighted by Gasteiger charge is 2.46. The van der Waals surface area contributed by atoms with Crippen LogP contribution in [0.3, 0.4) is 0 Å². The molecule has 1 amide bonds. The number of carbonyl (C=O) groups is 1. The molecule has 3 aliphatic heterocycles. The van der Waals surface area contributed by atoms with E-state index in [4.69, 9.17) is 4.74 Å². The second-order valence-corrected chi connectivity index (χ2v) is 7.43. The average Bonchev–Trinajstić information content (AvgIpc) is 2.91. The van der Waals surface area contributed by atoms with Crippen molar-refractivity contribution in [2.45, 2.75) is 44.1 Å². The van der Waals surface area contributed by atoms with Gasteiger partial charge in [-0.1, -0.05) is 0 Å². The Hall–Kier alpha value is -1.46. The number of nitrogens with zero attached hydrogens (tertiary/aromatic N) is 2. The summed E-state index contributed by atoms with van der Waals surface area (Å²) in [6.07, 6.45) is 4.20. The Morgan fingerprint density at radius 2 is 1.96 bits per heavy atom. The van der Waals surface area contributed by atoms with Gasteiger partial charge >= 0.3 is 0 Å². The molecule has 0 atom stereocenters. The van der Waals surface area contributed by atoms with Gasteiger partial charge in [0.25, 0.3) is 0 Å². The van der Waals surface area contributed by atoms with E-state index >= 15 is 0 Å². The summed E-state index contributed by atoms with van der Waals surface area (Å²) in [6, 6.07) is 5.51. The molecule has 130 valence electrons. The first-order valence-corrected chi connectivity index (χ1v) is 8.99. The fourth-order valence-electron chi connectivity index (χ4n) is 4.72. The lowest BCUT2D eigenvalue weighted by Crippen LogP contribution is -2.50. The highest BCUT2D eigenvalue weighted by atomic mass is 19.1. The van der Waals surface area contributed by atoms with Crippen LogP contribution in [0.4, 0.5) is 10.1 Å². The first-order chi connectivity index (χ1) is 11.6. The fraction of sp³-hybridized carbons (Fsp3) is 0.632. The maximum atomic E-state index is 13.9. The van der Waals surface area contributed by atoms with Crippen LogP contribution in [-0.2, 0) is 14.9 Å². The average molecular weight is 332 g/mol. The molecule has 1 aromatic rings. The molecule has 0 N–H and O–H groups in total. The number of halogens is 1. The summed E-state index contributed by atoms with van der Waals surface area (Å²) in [7, 11) is 0. The van der Waals surface area contributed by atoms with Gasteiger partial charge in [-0.3, -0.25) is 4.79 Å². The topological polar surface area (TPSA) is 32.8 Å². The normalized spacial score (nSPS) is 24.3. The van der Waals surface area contributed by atoms with E-state index < -0.39 is 0 Å². The molecule has 0 unspecified atom stereocenters. The Labute approximate surface area is 142 Å². The smallest absolute Gasteiger partial charge is 0.223 e. The highest BCUT2D eigenvalue weighted by molar-refractivity contribution is 5.94. The summed E-state index contributed by atoms with van der Waals surface area (Å²) < 4.78 is 19.3. The van der Waals surface area contributed by atoms with E-state index in [-0.39, 0.29) is 17.1 Å². The quantitative estimate of drug-likeness (QED) is 0.793. The standard InChI is InChI=1S/C19H25FN2O2/c1-14(23)22-13-19(17-12-15(20)2-3-18(17)22)6-8-21(9-7-19)16-4-10-24-11-5-16/h2-3,12,16H,4-11,13H2,1H3. The first-order valence-electron chi connectivity index (χ1n) is 8.99. The highest BCUT2D eigenvalue weighted by Crippen LogP contribution is 2.47. The fourth-order valence-corrected chi connectivity index (χ4v) is 4.72. The zero-order chi connectivity index (χ0) is 16.7. The monoisotopic (exact) mass is 332 g/mol. The minimum atomic E-state index is -0.203. The van der Waals surface area contributed by atoms with Crippen molar-refractivity contribution in [3.63, 3.8) is 0 Å². The summed E-state index contributed by atoms with van der Waals surface area (Å²) in [5.74, 6) is -0.156. The SMILES string of the molecule is CC(=O)N1CC2(CCN(C3CCOCC3)CC2)c2cc(F)ccc21. The van der Waals surface area contributed by atoms with Crippen LogP contribution in [-0.4, -0.2) is 49.7 Å². The van der Waals surface area contributed by atoms with Crippen LogP contribution in [0.25, 0.3) is 0 Å². The number of benzene rings is 1. The number of piperidine rings is 1. The number of ether oxygens (including phenoxy) is 1. The number of amides is 1. The van der Waals surface area contributed by atoms with Crippen LogP contribution in [0.1, 0.15) is 38.2 Å². The third-order valence-electron chi connectivity index (χ3n) is 6.12. The molecule has 0 aromatic heterocycles. The van der Waals surface area contributed by atoms with Gasteiger partial charge in [-0.25, -0.2) is 4.39 Å². The number of carbonyl (C=O) groups excluding carboxylic acids is 1. The van der Waals surface area contributed by atoms with Gasteiger partial charge in [0.15, 0.2) is 0 Å². The van der Waals surface area contributed by atoms with Crippen molar-refractivity contribution in [1.29, 1.82) is 0 Å². The van der Waals surface area contributed by atoms with E-state index in [0.29, 0.717) is 12.6 Å². The number of hydrogen-bond donors (Lipinski definition) is 0. The number of likely N-dealkylation sites (tertiary alicyclic amines) is 1. The molecule has 0 aliphatic carbocycles. The molecule has 1 aromatic carbocycles. The molecule has 0 bridgehead atoms. The van der Waals surface area contributed by atoms with E-state index in [9.17, 15) is 9.18 Å². The number of fused-ring (bicyclic) bond motifs is 2. The zero-order valence-electron chi connectivity index (χ0n) is 14.3. The molecule has 2 saturated heterocycles. The maximum absolute atomic E-state index is 13.9. The van der Waals surface area contributed by atoms with Crippen molar-refractivity contribution in [2.75, 3.05) is 37.7 Å². The summed E-state index contributed by atoms with van der Waals surface area (Å²) in [5.41, 5.74) is 1.86. The van der Waals surface area contributed by atoms with Gasteiger partial charge in [0.1, 0.15) is 5.82 Å². The van der Waals surface area contributed by atoms with Crippen LogP contribution in [0.2, 0.25) is 0 Å². The molecule has 2 fully saturated rings. The Morgan fingerprint density at radius 3 is 2.62 bits per heavy atom. The zero-order valence-corrected chi connectivity index (χ0v) is 14.3. The molecule has 3 heterocycles. The molecule has 0 saturated carbocycles. The summed E-state index contributed by atoms with van der Waals surface area (Å²) in [4.78, 5) is 16.4. The van der Waals surface area contributed by atoms with E-state index in [1.54, 1.807) is 19.1 Å². The van der Waals surface area contributed by atoms with Crippen LogP contribution < -0.4 is 4.90 Å². The van der Waals surface area contributed by atoms with Gasteiger partial charge in [-0.2, -0.15) is 0 Å². The first kappa shape index (κ1) is 16.0. The van der Waals surface area contributed by atoms with Gasteiger partial charge in [-0.05, 0) is 62.5 Å². The van der Waals surface area contributed by atoms with Crippen LogP contribution >= 0.6 is 0 Å². The second-order valence-electron chi connectivity index (χ2n) is 7.43. The maximum Gasteiger partial charge on any atom is 0.223 e. The van der Waals surface area contributed by atoms with E-state index in [1.165, 1.54) is 6.07 Å².